The van der Waals surface area contributed by atoms with E-state index >= 15 is 0 Å². The largest absolute Gasteiger partial charge is 0.454 e. The summed E-state index contributed by atoms with van der Waals surface area (Å²) in [7, 11) is 2.16. The molecule has 1 saturated carbocycles. The van der Waals surface area contributed by atoms with Gasteiger partial charge in [-0.25, -0.2) is 4.79 Å². The molecule has 166 valence electrons. The van der Waals surface area contributed by atoms with Crippen LogP contribution in [0.1, 0.15) is 43.4 Å². The molecule has 6 nitrogen and oxygen atoms in total. The van der Waals surface area contributed by atoms with Gasteiger partial charge in [0.2, 0.25) is 6.79 Å². The van der Waals surface area contributed by atoms with E-state index < -0.39 is 0 Å². The highest BCUT2D eigenvalue weighted by Crippen LogP contribution is 2.36. The number of ether oxygens (including phenoxy) is 2. The summed E-state index contributed by atoms with van der Waals surface area (Å²) in [5, 5.41) is 6.14. The molecule has 1 heterocycles. The fourth-order valence-electron chi connectivity index (χ4n) is 4.30. The number of hydrogen-bond donors (Lipinski definition) is 2. The first-order chi connectivity index (χ1) is 15.1. The van der Waals surface area contributed by atoms with E-state index in [0.717, 1.165) is 41.5 Å². The van der Waals surface area contributed by atoms with Gasteiger partial charge in [0.25, 0.3) is 0 Å². The summed E-state index contributed by atoms with van der Waals surface area (Å²) in [6.07, 6.45) is 4.73. The lowest BCUT2D eigenvalue weighted by Gasteiger charge is -2.35. The summed E-state index contributed by atoms with van der Waals surface area (Å²) < 4.78 is 11.3. The minimum absolute atomic E-state index is 0.0460. The lowest BCUT2D eigenvalue weighted by molar-refractivity contribution is 0.156. The number of nitrogens with one attached hydrogen (secondary N) is 2. The summed E-state index contributed by atoms with van der Waals surface area (Å²) in [5.41, 5.74) is 2.22. The molecule has 31 heavy (non-hydrogen) atoms. The van der Waals surface area contributed by atoms with Crippen LogP contribution in [-0.2, 0) is 6.42 Å². The molecule has 6 heteroatoms. The number of likely N-dealkylation sites (N-methyl/N-ethyl adjacent to an activating group) is 1. The molecule has 4 rings (SSSR count). The van der Waals surface area contributed by atoms with Crippen LogP contribution in [0.25, 0.3) is 0 Å². The maximum Gasteiger partial charge on any atom is 0.315 e. The quantitative estimate of drug-likeness (QED) is 0.637. The first-order valence-electron chi connectivity index (χ1n) is 11.3. The molecule has 2 aromatic carbocycles. The van der Waals surface area contributed by atoms with Gasteiger partial charge in [-0.05, 0) is 56.3 Å². The molecule has 2 amide bonds. The molecule has 0 spiro atoms. The van der Waals surface area contributed by atoms with Gasteiger partial charge in [0.05, 0.1) is 6.04 Å². The number of rotatable bonds is 9. The van der Waals surface area contributed by atoms with Crippen LogP contribution in [0.5, 0.6) is 11.5 Å². The van der Waals surface area contributed by atoms with Crippen LogP contribution < -0.4 is 20.1 Å². The third-order valence-electron chi connectivity index (χ3n) is 6.47. The van der Waals surface area contributed by atoms with Crippen molar-refractivity contribution in [1.29, 1.82) is 0 Å². The second-order valence-corrected chi connectivity index (χ2v) is 8.73. The van der Waals surface area contributed by atoms with Crippen LogP contribution in [0, 0.1) is 5.92 Å². The van der Waals surface area contributed by atoms with Crippen molar-refractivity contribution in [3.05, 3.63) is 59.7 Å². The highest BCUT2D eigenvalue weighted by molar-refractivity contribution is 5.74. The normalized spacial score (nSPS) is 17.1. The van der Waals surface area contributed by atoms with E-state index in [9.17, 15) is 4.79 Å². The number of benzene rings is 2. The SMILES string of the molecule is C[C@@H](NC(=O)NC[C@H](Cc1cccc2c1OCO2)N(C)CC1CCC1)c1ccccc1. The van der Waals surface area contributed by atoms with E-state index in [-0.39, 0.29) is 24.9 Å². The second kappa shape index (κ2) is 10.1. The number of carbonyl (C=O) groups excluding carboxylic acids is 1. The minimum atomic E-state index is -0.142. The molecule has 0 unspecified atom stereocenters. The molecule has 0 bridgehead atoms. The van der Waals surface area contributed by atoms with Crippen LogP contribution in [0.3, 0.4) is 0 Å². The molecule has 1 aliphatic carbocycles. The van der Waals surface area contributed by atoms with Gasteiger partial charge in [-0.3, -0.25) is 0 Å². The molecule has 1 aliphatic heterocycles. The highest BCUT2D eigenvalue weighted by atomic mass is 16.7. The Morgan fingerprint density at radius 1 is 1.13 bits per heavy atom. The number of urea groups is 1. The van der Waals surface area contributed by atoms with Crippen LogP contribution in [0.4, 0.5) is 4.79 Å². The summed E-state index contributed by atoms with van der Waals surface area (Å²) in [4.78, 5) is 15.0. The van der Waals surface area contributed by atoms with E-state index in [0.29, 0.717) is 6.54 Å². The predicted octanol–water partition coefficient (Wildman–Crippen LogP) is 4.12. The molecule has 0 aromatic heterocycles. The van der Waals surface area contributed by atoms with Crippen molar-refractivity contribution in [2.45, 2.75) is 44.7 Å². The third kappa shape index (κ3) is 5.50. The number of fused-ring (bicyclic) bond motifs is 1. The number of hydrogen-bond acceptors (Lipinski definition) is 4. The standard InChI is InChI=1S/C25H33N3O3/c1-18(20-10-4-3-5-11-20)27-25(29)26-15-22(28(2)16-19-8-6-9-19)14-21-12-7-13-23-24(21)31-17-30-23/h3-5,7,10-13,18-19,22H,6,8-9,14-17H2,1-2H3,(H2,26,27,29)/t18-,22+/m1/s1. The maximum atomic E-state index is 12.6. The van der Waals surface area contributed by atoms with Gasteiger partial charge in [0.15, 0.2) is 11.5 Å². The minimum Gasteiger partial charge on any atom is -0.454 e. The van der Waals surface area contributed by atoms with Gasteiger partial charge in [0.1, 0.15) is 0 Å². The highest BCUT2D eigenvalue weighted by Gasteiger charge is 2.26. The average molecular weight is 424 g/mol. The zero-order chi connectivity index (χ0) is 21.6. The Hall–Kier alpha value is -2.73. The number of amides is 2. The Balaban J connectivity index is 1.38. The lowest BCUT2D eigenvalue weighted by Crippen LogP contribution is -2.48. The van der Waals surface area contributed by atoms with Gasteiger partial charge in [0, 0.05) is 19.1 Å². The van der Waals surface area contributed by atoms with Crippen molar-refractivity contribution >= 4 is 6.03 Å². The lowest BCUT2D eigenvalue weighted by atomic mass is 9.85. The maximum absolute atomic E-state index is 12.6. The molecule has 2 aliphatic rings. The summed E-state index contributed by atoms with van der Waals surface area (Å²) in [5.74, 6) is 2.41. The van der Waals surface area contributed by atoms with E-state index in [2.05, 4.69) is 28.6 Å². The molecule has 2 aromatic rings. The first kappa shape index (κ1) is 21.5. The summed E-state index contributed by atoms with van der Waals surface area (Å²) >= 11 is 0. The fraction of sp³-hybridized carbons (Fsp3) is 0.480. The zero-order valence-corrected chi connectivity index (χ0v) is 18.5. The van der Waals surface area contributed by atoms with Crippen LogP contribution in [-0.4, -0.2) is 43.9 Å². The predicted molar refractivity (Wildman–Crippen MR) is 121 cm³/mol. The Morgan fingerprint density at radius 2 is 1.94 bits per heavy atom. The van der Waals surface area contributed by atoms with Crippen molar-refractivity contribution < 1.29 is 14.3 Å². The smallest absolute Gasteiger partial charge is 0.315 e. The van der Waals surface area contributed by atoms with Crippen molar-refractivity contribution in [1.82, 2.24) is 15.5 Å². The molecular weight excluding hydrogens is 390 g/mol. The van der Waals surface area contributed by atoms with Gasteiger partial charge in [-0.2, -0.15) is 0 Å². The van der Waals surface area contributed by atoms with Gasteiger partial charge in [-0.15, -0.1) is 0 Å². The third-order valence-corrected chi connectivity index (χ3v) is 6.47. The van der Waals surface area contributed by atoms with Gasteiger partial charge in [-0.1, -0.05) is 48.9 Å². The van der Waals surface area contributed by atoms with Gasteiger partial charge >= 0.3 is 6.03 Å². The molecule has 0 radical (unpaired) electrons. The Labute approximate surface area is 184 Å². The van der Waals surface area contributed by atoms with E-state index in [1.54, 1.807) is 0 Å². The summed E-state index contributed by atoms with van der Waals surface area (Å²) in [6.45, 7) is 3.90. The van der Waals surface area contributed by atoms with Crippen LogP contribution in [0.2, 0.25) is 0 Å². The second-order valence-electron chi connectivity index (χ2n) is 8.73. The summed E-state index contributed by atoms with van der Waals surface area (Å²) in [6, 6.07) is 16.0. The van der Waals surface area contributed by atoms with Crippen LogP contribution in [0.15, 0.2) is 48.5 Å². The molecule has 2 N–H and O–H groups in total. The topological polar surface area (TPSA) is 62.8 Å². The zero-order valence-electron chi connectivity index (χ0n) is 18.5. The van der Waals surface area contributed by atoms with Crippen molar-refractivity contribution in [3.8, 4) is 11.5 Å². The molecule has 1 fully saturated rings. The van der Waals surface area contributed by atoms with Crippen LogP contribution >= 0.6 is 0 Å². The van der Waals surface area contributed by atoms with Crippen molar-refractivity contribution in [3.63, 3.8) is 0 Å². The first-order valence-corrected chi connectivity index (χ1v) is 11.3. The van der Waals surface area contributed by atoms with E-state index in [1.165, 1.54) is 19.3 Å². The van der Waals surface area contributed by atoms with Crippen molar-refractivity contribution in [2.75, 3.05) is 26.9 Å². The average Bonchev–Trinajstić information content (AvgIpc) is 3.24. The Kier molecular flexibility index (Phi) is 6.97. The number of nitrogens with zero attached hydrogens (tertiary/aromatic N) is 1. The molecule has 2 atom stereocenters. The Bertz CT molecular complexity index is 870. The number of para-hydroxylation sites is 1. The molecule has 0 saturated heterocycles. The van der Waals surface area contributed by atoms with E-state index in [1.807, 2.05) is 49.4 Å². The van der Waals surface area contributed by atoms with Crippen molar-refractivity contribution in [2.24, 2.45) is 5.92 Å². The van der Waals surface area contributed by atoms with E-state index in [4.69, 9.17) is 9.47 Å². The fourth-order valence-corrected chi connectivity index (χ4v) is 4.30. The number of carbonyl (C=O) groups is 1. The monoisotopic (exact) mass is 423 g/mol. The van der Waals surface area contributed by atoms with Gasteiger partial charge < -0.3 is 25.0 Å². The molecular formula is C25H33N3O3. The Morgan fingerprint density at radius 3 is 2.68 bits per heavy atom.